The number of thiazole rings is 1. The van der Waals surface area contributed by atoms with E-state index in [0.717, 1.165) is 48.0 Å². The van der Waals surface area contributed by atoms with Crippen molar-refractivity contribution < 1.29 is 4.74 Å². The summed E-state index contributed by atoms with van der Waals surface area (Å²) in [4.78, 5) is 7.08. The molecule has 26 heavy (non-hydrogen) atoms. The first-order valence-corrected chi connectivity index (χ1v) is 10.0. The molecule has 1 fully saturated rings. The summed E-state index contributed by atoms with van der Waals surface area (Å²) < 4.78 is 6.55. The second kappa shape index (κ2) is 7.60. The predicted molar refractivity (Wildman–Crippen MR) is 112 cm³/mol. The third-order valence-corrected chi connectivity index (χ3v) is 6.32. The molecule has 1 N–H and O–H groups in total. The van der Waals surface area contributed by atoms with E-state index in [1.54, 1.807) is 7.11 Å². The molecule has 0 amide bonds. The second-order valence-electron chi connectivity index (χ2n) is 6.44. The predicted octanol–water partition coefficient (Wildman–Crippen LogP) is 4.88. The van der Waals surface area contributed by atoms with Gasteiger partial charge < -0.3 is 15.0 Å². The summed E-state index contributed by atoms with van der Waals surface area (Å²) in [6.07, 6.45) is 2.17. The first-order valence-electron chi connectivity index (χ1n) is 8.78. The van der Waals surface area contributed by atoms with E-state index in [1.165, 1.54) is 9.71 Å². The Morgan fingerprint density at radius 2 is 2.00 bits per heavy atom. The van der Waals surface area contributed by atoms with Crippen molar-refractivity contribution in [2.45, 2.75) is 18.8 Å². The topological polar surface area (TPSA) is 37.4 Å². The Kier molecular flexibility index (Phi) is 5.04. The number of hydrogen-bond donors (Lipinski definition) is 1. The van der Waals surface area contributed by atoms with Crippen LogP contribution in [-0.4, -0.2) is 35.2 Å². The molecule has 2 aromatic carbocycles. The van der Waals surface area contributed by atoms with Gasteiger partial charge in [-0.1, -0.05) is 18.2 Å². The molecule has 1 aliphatic rings. The number of methoxy groups -OCH3 is 1. The number of thiocarbonyl (C=S) groups is 1. The van der Waals surface area contributed by atoms with E-state index < -0.39 is 0 Å². The van der Waals surface area contributed by atoms with Crippen LogP contribution in [-0.2, 0) is 0 Å². The Balaban J connectivity index is 1.37. The van der Waals surface area contributed by atoms with Gasteiger partial charge in [0.15, 0.2) is 5.11 Å². The normalized spacial score (nSPS) is 15.2. The summed E-state index contributed by atoms with van der Waals surface area (Å²) in [5.74, 6) is 1.36. The fourth-order valence-electron chi connectivity index (χ4n) is 3.30. The minimum Gasteiger partial charge on any atom is -0.497 e. The number of ether oxygens (including phenoxy) is 1. The third kappa shape index (κ3) is 3.66. The number of likely N-dealkylation sites (tertiary alicyclic amines) is 1. The van der Waals surface area contributed by atoms with Gasteiger partial charge in [0, 0.05) is 30.8 Å². The average Bonchev–Trinajstić information content (AvgIpc) is 3.12. The molecule has 0 bridgehead atoms. The van der Waals surface area contributed by atoms with Crippen molar-refractivity contribution in [1.29, 1.82) is 0 Å². The Bertz CT molecular complexity index is 883. The maximum atomic E-state index is 5.60. The summed E-state index contributed by atoms with van der Waals surface area (Å²) in [6, 6.07) is 16.2. The average molecular weight is 384 g/mol. The molecule has 4 rings (SSSR count). The zero-order valence-corrected chi connectivity index (χ0v) is 16.3. The zero-order chi connectivity index (χ0) is 17.9. The van der Waals surface area contributed by atoms with Crippen molar-refractivity contribution >= 4 is 44.6 Å². The van der Waals surface area contributed by atoms with Crippen LogP contribution < -0.4 is 10.1 Å². The maximum Gasteiger partial charge on any atom is 0.173 e. The van der Waals surface area contributed by atoms with Crippen LogP contribution in [0.25, 0.3) is 10.2 Å². The first-order chi connectivity index (χ1) is 12.7. The van der Waals surface area contributed by atoms with E-state index in [0.29, 0.717) is 5.92 Å². The molecule has 1 aromatic heterocycles. The maximum absolute atomic E-state index is 5.60. The Morgan fingerprint density at radius 1 is 1.19 bits per heavy atom. The summed E-state index contributed by atoms with van der Waals surface area (Å²) in [5.41, 5.74) is 2.08. The van der Waals surface area contributed by atoms with Crippen LogP contribution in [0.15, 0.2) is 48.5 Å². The van der Waals surface area contributed by atoms with Crippen molar-refractivity contribution in [2.75, 3.05) is 25.5 Å². The minimum absolute atomic E-state index is 0.531. The highest BCUT2D eigenvalue weighted by atomic mass is 32.1. The number of hydrogen-bond acceptors (Lipinski definition) is 4. The third-order valence-electron chi connectivity index (χ3n) is 4.76. The largest absolute Gasteiger partial charge is 0.497 e. The first kappa shape index (κ1) is 17.2. The number of fused-ring (bicyclic) bond motifs is 1. The zero-order valence-electron chi connectivity index (χ0n) is 14.6. The number of piperidine rings is 1. The molecule has 0 aliphatic carbocycles. The Labute approximate surface area is 162 Å². The van der Waals surface area contributed by atoms with Crippen molar-refractivity contribution in [2.24, 2.45) is 0 Å². The smallest absolute Gasteiger partial charge is 0.173 e. The molecule has 0 atom stereocenters. The Hall–Kier alpha value is -2.18. The van der Waals surface area contributed by atoms with Crippen LogP contribution in [0.2, 0.25) is 0 Å². The van der Waals surface area contributed by atoms with Crippen molar-refractivity contribution in [3.8, 4) is 5.75 Å². The molecule has 1 saturated heterocycles. The second-order valence-corrected chi connectivity index (χ2v) is 7.89. The van der Waals surface area contributed by atoms with Gasteiger partial charge in [-0.25, -0.2) is 4.98 Å². The highest BCUT2D eigenvalue weighted by Crippen LogP contribution is 2.34. The van der Waals surface area contributed by atoms with Gasteiger partial charge in [0.05, 0.1) is 22.3 Å². The molecule has 3 aromatic rings. The van der Waals surface area contributed by atoms with Crippen molar-refractivity contribution in [3.05, 3.63) is 53.5 Å². The lowest BCUT2D eigenvalue weighted by atomic mass is 9.98. The van der Waals surface area contributed by atoms with Gasteiger partial charge in [0.2, 0.25) is 0 Å². The van der Waals surface area contributed by atoms with Gasteiger partial charge in [-0.05, 0) is 49.3 Å². The molecule has 1 aliphatic heterocycles. The highest BCUT2D eigenvalue weighted by molar-refractivity contribution is 7.80. The number of nitrogens with zero attached hydrogens (tertiary/aromatic N) is 2. The van der Waals surface area contributed by atoms with Crippen LogP contribution in [0.5, 0.6) is 5.75 Å². The quantitative estimate of drug-likeness (QED) is 0.653. The minimum atomic E-state index is 0.531. The summed E-state index contributed by atoms with van der Waals surface area (Å²) in [6.45, 7) is 1.91. The number of anilines is 1. The number of nitrogens with one attached hydrogen (secondary N) is 1. The molecule has 2 heterocycles. The number of benzene rings is 2. The lowest BCUT2D eigenvalue weighted by molar-refractivity contribution is 0.316. The van der Waals surface area contributed by atoms with Gasteiger partial charge in [0.25, 0.3) is 0 Å². The lowest BCUT2D eigenvalue weighted by Crippen LogP contribution is -2.40. The number of aromatic nitrogens is 1. The van der Waals surface area contributed by atoms with E-state index in [9.17, 15) is 0 Å². The van der Waals surface area contributed by atoms with Gasteiger partial charge in [-0.15, -0.1) is 11.3 Å². The number of rotatable bonds is 3. The van der Waals surface area contributed by atoms with Gasteiger partial charge in [-0.3, -0.25) is 0 Å². The van der Waals surface area contributed by atoms with Gasteiger partial charge in [-0.2, -0.15) is 0 Å². The van der Waals surface area contributed by atoms with Crippen LogP contribution >= 0.6 is 23.6 Å². The molecule has 0 unspecified atom stereocenters. The molecule has 0 spiro atoms. The van der Waals surface area contributed by atoms with Crippen molar-refractivity contribution in [1.82, 2.24) is 9.88 Å². The molecular weight excluding hydrogens is 362 g/mol. The molecule has 6 heteroatoms. The van der Waals surface area contributed by atoms with E-state index >= 15 is 0 Å². The monoisotopic (exact) mass is 383 g/mol. The van der Waals surface area contributed by atoms with Crippen LogP contribution in [0.3, 0.4) is 0 Å². The van der Waals surface area contributed by atoms with E-state index in [4.69, 9.17) is 21.9 Å². The standard InChI is InChI=1S/C20H21N3OS2/c1-24-16-6-4-5-15(13-16)21-20(25)23-11-9-14(10-12-23)19-22-17-7-2-3-8-18(17)26-19/h2-8,13-14H,9-12H2,1H3,(H,21,25). The Morgan fingerprint density at radius 3 is 2.77 bits per heavy atom. The number of para-hydroxylation sites is 1. The van der Waals surface area contributed by atoms with Gasteiger partial charge >= 0.3 is 0 Å². The summed E-state index contributed by atoms with van der Waals surface area (Å²) in [7, 11) is 1.67. The molecule has 0 saturated carbocycles. The molecular formula is C20H21N3OS2. The van der Waals surface area contributed by atoms with Crippen molar-refractivity contribution in [3.63, 3.8) is 0 Å². The fourth-order valence-corrected chi connectivity index (χ4v) is 4.73. The fraction of sp³-hybridized carbons (Fsp3) is 0.300. The van der Waals surface area contributed by atoms with Crippen LogP contribution in [0, 0.1) is 0 Å². The SMILES string of the molecule is COc1cccc(NC(=S)N2CCC(c3nc4ccccc4s3)CC2)c1. The summed E-state index contributed by atoms with van der Waals surface area (Å²) >= 11 is 7.43. The molecule has 0 radical (unpaired) electrons. The van der Waals surface area contributed by atoms with Gasteiger partial charge in [0.1, 0.15) is 5.75 Å². The lowest BCUT2D eigenvalue weighted by Gasteiger charge is -2.33. The molecule has 134 valence electrons. The van der Waals surface area contributed by atoms with E-state index in [-0.39, 0.29) is 0 Å². The van der Waals surface area contributed by atoms with E-state index in [1.807, 2.05) is 35.6 Å². The van der Waals surface area contributed by atoms with Crippen LogP contribution in [0.4, 0.5) is 5.69 Å². The van der Waals surface area contributed by atoms with E-state index in [2.05, 4.69) is 34.5 Å². The molecule has 4 nitrogen and oxygen atoms in total. The summed E-state index contributed by atoms with van der Waals surface area (Å²) in [5, 5.41) is 5.37. The van der Waals surface area contributed by atoms with Crippen LogP contribution in [0.1, 0.15) is 23.8 Å². The highest BCUT2D eigenvalue weighted by Gasteiger charge is 2.24.